The van der Waals surface area contributed by atoms with Crippen LogP contribution in [0, 0.1) is 18.8 Å². The molecule has 4 unspecified atom stereocenters. The molecule has 0 fully saturated rings. The normalized spacial score (nSPS) is 19.9. The highest BCUT2D eigenvalue weighted by molar-refractivity contribution is 7.92. The topological polar surface area (TPSA) is 101 Å². The summed E-state index contributed by atoms with van der Waals surface area (Å²) in [7, 11) is -7.67. The first-order chi connectivity index (χ1) is 44.1. The van der Waals surface area contributed by atoms with Crippen molar-refractivity contribution >= 4 is 75.6 Å². The van der Waals surface area contributed by atoms with Crippen molar-refractivity contribution in [1.82, 2.24) is 4.57 Å². The van der Waals surface area contributed by atoms with E-state index in [1.54, 1.807) is 36.4 Å². The number of hydrogen-bond acceptors (Lipinski definition) is 9. The van der Waals surface area contributed by atoms with E-state index < -0.39 is 24.9 Å². The van der Waals surface area contributed by atoms with Crippen molar-refractivity contribution in [2.24, 2.45) is 11.8 Å². The summed E-state index contributed by atoms with van der Waals surface area (Å²) in [6.07, 6.45) is 15.8. The number of hydrogen-bond donors (Lipinski definition) is 0. The number of para-hydroxylation sites is 6. The molecule has 12 heteroatoms. The molecular formula is C79H68N4O6S2. The zero-order valence-corrected chi connectivity index (χ0v) is 53.1. The molecule has 4 atom stereocenters. The average molecular weight is 1230 g/mol. The first-order valence-electron chi connectivity index (χ1n) is 31.6. The lowest BCUT2D eigenvalue weighted by Gasteiger charge is -2.38. The molecule has 0 radical (unpaired) electrons. The van der Waals surface area contributed by atoms with Gasteiger partial charge in [-0.15, -0.1) is 0 Å². The van der Waals surface area contributed by atoms with Crippen LogP contribution >= 0.6 is 0 Å². The SMILES string of the molecule is CC1=CC=C2N(c3ccc(S(=O)(=O)C4C=C(N5c6ccccc6Oc6ccccc65)C=CC4C)cc3)c3ccc(CCc4ccc5c(c4)c4cc(C)ccc4n5-c4ccc(S(=O)(=O)c5ccc(N6C7=C(CCC(C)C7)Oc7ccccc76)cc5)cc4)cc3C2(C)C1. The van der Waals surface area contributed by atoms with Crippen LogP contribution in [0.15, 0.2) is 274 Å². The van der Waals surface area contributed by atoms with Crippen LogP contribution in [-0.2, 0) is 37.9 Å². The van der Waals surface area contributed by atoms with Crippen molar-refractivity contribution in [3.63, 3.8) is 0 Å². The lowest BCUT2D eigenvalue weighted by molar-refractivity contribution is 0.336. The van der Waals surface area contributed by atoms with Crippen molar-refractivity contribution in [3.05, 3.63) is 281 Å². The molecule has 10 nitrogen and oxygen atoms in total. The third-order valence-corrected chi connectivity index (χ3v) is 23.6. The fraction of sp³-hybridized carbons (Fsp3) is 0.190. The molecule has 16 rings (SSSR count). The Bertz CT molecular complexity index is 5030. The Hall–Kier alpha value is -9.62. The summed E-state index contributed by atoms with van der Waals surface area (Å²) in [5.41, 5.74) is 17.6. The van der Waals surface area contributed by atoms with Crippen LogP contribution in [0.5, 0.6) is 17.2 Å². The number of anilines is 6. The number of nitrogens with zero attached hydrogens (tertiary/aromatic N) is 4. The molecule has 3 aliphatic carbocycles. The molecule has 0 N–H and O–H groups in total. The van der Waals surface area contributed by atoms with E-state index in [9.17, 15) is 16.8 Å². The third-order valence-electron chi connectivity index (χ3n) is 19.6. The van der Waals surface area contributed by atoms with Crippen LogP contribution in [0.1, 0.15) is 75.6 Å². The summed E-state index contributed by atoms with van der Waals surface area (Å²) >= 11 is 0. The number of allylic oxidation sites excluding steroid dienone is 8. The molecule has 6 aliphatic rings. The van der Waals surface area contributed by atoms with E-state index >= 15 is 0 Å². The summed E-state index contributed by atoms with van der Waals surface area (Å²) < 4.78 is 73.3. The second-order valence-corrected chi connectivity index (χ2v) is 29.8. The molecule has 0 spiro atoms. The van der Waals surface area contributed by atoms with Gasteiger partial charge in [0, 0.05) is 51.1 Å². The van der Waals surface area contributed by atoms with Gasteiger partial charge >= 0.3 is 0 Å². The van der Waals surface area contributed by atoms with Gasteiger partial charge in [0.25, 0.3) is 0 Å². The maximum Gasteiger partial charge on any atom is 0.206 e. The average Bonchev–Trinajstić information content (AvgIpc) is 1.62. The third kappa shape index (κ3) is 9.39. The highest BCUT2D eigenvalue weighted by Gasteiger charge is 2.46. The molecule has 0 saturated carbocycles. The van der Waals surface area contributed by atoms with Crippen LogP contribution in [-0.4, -0.2) is 26.7 Å². The predicted molar refractivity (Wildman–Crippen MR) is 365 cm³/mol. The van der Waals surface area contributed by atoms with E-state index in [0.717, 1.165) is 129 Å². The first kappa shape index (κ1) is 56.6. The largest absolute Gasteiger partial charge is 0.458 e. The van der Waals surface area contributed by atoms with E-state index in [1.165, 1.54) is 28.0 Å². The molecule has 0 saturated heterocycles. The fourth-order valence-electron chi connectivity index (χ4n) is 14.9. The molecule has 9 aromatic carbocycles. The molecule has 0 amide bonds. The van der Waals surface area contributed by atoms with Gasteiger partial charge in [0.1, 0.15) is 5.76 Å². The van der Waals surface area contributed by atoms with Crippen LogP contribution in [0.25, 0.3) is 27.5 Å². The quantitative estimate of drug-likeness (QED) is 0.125. The molecule has 1 aromatic heterocycles. The van der Waals surface area contributed by atoms with E-state index in [1.807, 2.05) is 128 Å². The van der Waals surface area contributed by atoms with Gasteiger partial charge in [0.05, 0.1) is 59.4 Å². The van der Waals surface area contributed by atoms with Crippen LogP contribution in [0.4, 0.5) is 34.1 Å². The summed E-state index contributed by atoms with van der Waals surface area (Å²) in [4.78, 5) is 7.43. The molecule has 4 heterocycles. The number of aryl methyl sites for hydroxylation is 3. The maximum absolute atomic E-state index is 14.8. The second-order valence-electron chi connectivity index (χ2n) is 25.8. The van der Waals surface area contributed by atoms with Gasteiger partial charge in [-0.1, -0.05) is 97.8 Å². The highest BCUT2D eigenvalue weighted by atomic mass is 32.2. The molecule has 0 bridgehead atoms. The number of rotatable bonds is 11. The van der Waals surface area contributed by atoms with Gasteiger partial charge < -0.3 is 28.7 Å². The van der Waals surface area contributed by atoms with E-state index in [-0.39, 0.29) is 26.0 Å². The maximum atomic E-state index is 14.8. The Labute approximate surface area is 532 Å². The van der Waals surface area contributed by atoms with Gasteiger partial charge in [0.2, 0.25) is 9.84 Å². The van der Waals surface area contributed by atoms with Crippen molar-refractivity contribution in [3.8, 4) is 22.9 Å². The molecule has 452 valence electrons. The number of benzene rings is 9. The number of ether oxygens (including phenoxy) is 2. The Kier molecular flexibility index (Phi) is 13.4. The van der Waals surface area contributed by atoms with Gasteiger partial charge in [-0.25, -0.2) is 16.8 Å². The summed E-state index contributed by atoms with van der Waals surface area (Å²) in [6, 6.07) is 66.1. The van der Waals surface area contributed by atoms with Crippen LogP contribution in [0.2, 0.25) is 0 Å². The second kappa shape index (κ2) is 21.5. The fourth-order valence-corrected chi connectivity index (χ4v) is 18.0. The van der Waals surface area contributed by atoms with E-state index in [4.69, 9.17) is 9.47 Å². The Morgan fingerprint density at radius 2 is 1.11 bits per heavy atom. The van der Waals surface area contributed by atoms with Crippen molar-refractivity contribution in [2.45, 2.75) is 98.5 Å². The van der Waals surface area contributed by atoms with E-state index in [0.29, 0.717) is 17.4 Å². The Balaban J connectivity index is 0.650. The van der Waals surface area contributed by atoms with Crippen molar-refractivity contribution in [2.75, 3.05) is 14.7 Å². The number of aromatic nitrogens is 1. The van der Waals surface area contributed by atoms with Crippen molar-refractivity contribution < 1.29 is 26.3 Å². The van der Waals surface area contributed by atoms with Crippen LogP contribution in [0.3, 0.4) is 0 Å². The monoisotopic (exact) mass is 1230 g/mol. The predicted octanol–water partition coefficient (Wildman–Crippen LogP) is 19.1. The smallest absolute Gasteiger partial charge is 0.206 e. The lowest BCUT2D eigenvalue weighted by Crippen LogP contribution is -2.31. The molecule has 3 aliphatic heterocycles. The minimum atomic E-state index is -3.84. The van der Waals surface area contributed by atoms with E-state index in [2.05, 4.69) is 120 Å². The summed E-state index contributed by atoms with van der Waals surface area (Å²) in [5, 5.41) is 1.50. The lowest BCUT2D eigenvalue weighted by atomic mass is 9.74. The molecule has 91 heavy (non-hydrogen) atoms. The summed E-state index contributed by atoms with van der Waals surface area (Å²) in [5.74, 6) is 3.49. The van der Waals surface area contributed by atoms with Gasteiger partial charge in [-0.3, -0.25) is 0 Å². The first-order valence-corrected chi connectivity index (χ1v) is 34.6. The summed E-state index contributed by atoms with van der Waals surface area (Å²) in [6.45, 7) is 10.9. The Morgan fingerprint density at radius 1 is 0.549 bits per heavy atom. The van der Waals surface area contributed by atoms with Crippen LogP contribution < -0.4 is 24.2 Å². The Morgan fingerprint density at radius 3 is 1.78 bits per heavy atom. The van der Waals surface area contributed by atoms with Crippen molar-refractivity contribution in [1.29, 1.82) is 0 Å². The van der Waals surface area contributed by atoms with Gasteiger partial charge in [-0.05, 0) is 239 Å². The number of fused-ring (bicyclic) bond motifs is 9. The van der Waals surface area contributed by atoms with Gasteiger partial charge in [-0.2, -0.15) is 0 Å². The highest BCUT2D eigenvalue weighted by Crippen LogP contribution is 2.56. The molecule has 10 aromatic rings. The standard InChI is InChI=1S/C79H68N4O6S2/c1-50-18-39-66-63(44-50)64-46-54(24-40-67(64)80(66)56-27-33-60(34-28-56)90(84,85)61-35-29-57(30-36-61)81-69-12-6-9-15-73(69)89-76-42-19-51(2)45-72(76)81)22-23-55-25-41-68-65(47-55)79(5)49-52(3)20-43-78(79)83(68)58-31-37-62(38-32-58)91(86,87)77-48-59(26-21-53(77)4)82-70-13-7-10-16-74(70)88-75-17-11-8-14-71(75)82/h6-18,20-21,24-41,43-44,46-48,51,53,77H,19,22-23,42,45,49H2,1-5H3. The van der Waals surface area contributed by atoms with Gasteiger partial charge in [0.15, 0.2) is 27.1 Å². The zero-order chi connectivity index (χ0) is 62.1. The molecular weight excluding hydrogens is 1170 g/mol. The number of sulfone groups is 2. The zero-order valence-electron chi connectivity index (χ0n) is 51.5. The minimum absolute atomic E-state index is 0.238. The minimum Gasteiger partial charge on any atom is -0.458 e.